The molecule has 1 atom stereocenters. The Balaban J connectivity index is 1.83. The molecule has 1 heterocycles. The third-order valence-electron chi connectivity index (χ3n) is 4.43. The highest BCUT2D eigenvalue weighted by Gasteiger charge is 2.26. The summed E-state index contributed by atoms with van der Waals surface area (Å²) in [5.74, 6) is 2.06. The summed E-state index contributed by atoms with van der Waals surface area (Å²) >= 11 is 6.18. The van der Waals surface area contributed by atoms with Crippen LogP contribution < -0.4 is 10.1 Å². The number of halogens is 1. The standard InChI is InChI=1S/C22H23ClN2O3/c1-15-9-11-18(28-15)14-25(2)21(16-7-5-4-6-8-16)22(26)24-17-10-12-20(27-3)19(23)13-17/h4-13,21H,14H2,1-3H3,(H,24,26)/t21-/m0/s1. The Kier molecular flexibility index (Phi) is 6.39. The molecule has 1 amide bonds. The molecule has 0 fully saturated rings. The molecule has 0 bridgehead atoms. The zero-order chi connectivity index (χ0) is 20.1. The van der Waals surface area contributed by atoms with Crippen molar-refractivity contribution >= 4 is 23.2 Å². The van der Waals surface area contributed by atoms with E-state index in [0.717, 1.165) is 17.1 Å². The quantitative estimate of drug-likeness (QED) is 0.604. The Morgan fingerprint density at radius 3 is 2.54 bits per heavy atom. The Morgan fingerprint density at radius 1 is 1.18 bits per heavy atom. The summed E-state index contributed by atoms with van der Waals surface area (Å²) in [6, 6.07) is 18.2. The topological polar surface area (TPSA) is 54.7 Å². The Morgan fingerprint density at radius 2 is 1.93 bits per heavy atom. The third kappa shape index (κ3) is 4.74. The molecule has 1 aromatic heterocycles. The largest absolute Gasteiger partial charge is 0.495 e. The van der Waals surface area contributed by atoms with Crippen LogP contribution in [0.25, 0.3) is 0 Å². The van der Waals surface area contributed by atoms with Crippen molar-refractivity contribution in [2.24, 2.45) is 0 Å². The van der Waals surface area contributed by atoms with Crippen molar-refractivity contribution in [2.75, 3.05) is 19.5 Å². The number of furan rings is 1. The lowest BCUT2D eigenvalue weighted by Crippen LogP contribution is -2.34. The van der Waals surface area contributed by atoms with Crippen molar-refractivity contribution in [3.8, 4) is 5.75 Å². The van der Waals surface area contributed by atoms with E-state index in [1.54, 1.807) is 25.3 Å². The maximum absolute atomic E-state index is 13.2. The van der Waals surface area contributed by atoms with Gasteiger partial charge in [-0.05, 0) is 49.9 Å². The van der Waals surface area contributed by atoms with Gasteiger partial charge in [-0.2, -0.15) is 0 Å². The number of nitrogens with zero attached hydrogens (tertiary/aromatic N) is 1. The lowest BCUT2D eigenvalue weighted by atomic mass is 10.0. The fraction of sp³-hybridized carbons (Fsp3) is 0.227. The fourth-order valence-electron chi connectivity index (χ4n) is 3.10. The van der Waals surface area contributed by atoms with E-state index in [1.165, 1.54) is 0 Å². The average molecular weight is 399 g/mol. The summed E-state index contributed by atoms with van der Waals surface area (Å²) < 4.78 is 10.8. The molecule has 3 rings (SSSR count). The lowest BCUT2D eigenvalue weighted by molar-refractivity contribution is -0.121. The number of nitrogens with one attached hydrogen (secondary N) is 1. The van der Waals surface area contributed by atoms with Crippen LogP contribution in [0, 0.1) is 6.92 Å². The van der Waals surface area contributed by atoms with E-state index in [-0.39, 0.29) is 5.91 Å². The van der Waals surface area contributed by atoms with Crippen LogP contribution in [0.5, 0.6) is 5.75 Å². The molecule has 28 heavy (non-hydrogen) atoms. The van der Waals surface area contributed by atoms with Gasteiger partial charge in [0, 0.05) is 5.69 Å². The normalized spacial score (nSPS) is 12.0. The predicted octanol–water partition coefficient (Wildman–Crippen LogP) is 5.06. The van der Waals surface area contributed by atoms with E-state index in [1.807, 2.05) is 61.3 Å². The molecular formula is C22H23ClN2O3. The fourth-order valence-corrected chi connectivity index (χ4v) is 3.36. The van der Waals surface area contributed by atoms with Gasteiger partial charge in [-0.1, -0.05) is 41.9 Å². The zero-order valence-electron chi connectivity index (χ0n) is 16.1. The van der Waals surface area contributed by atoms with Crippen LogP contribution in [0.4, 0.5) is 5.69 Å². The maximum Gasteiger partial charge on any atom is 0.246 e. The van der Waals surface area contributed by atoms with Gasteiger partial charge in [-0.25, -0.2) is 0 Å². The summed E-state index contributed by atoms with van der Waals surface area (Å²) in [5.41, 5.74) is 1.50. The molecule has 2 aromatic carbocycles. The molecule has 0 spiro atoms. The summed E-state index contributed by atoms with van der Waals surface area (Å²) in [6.45, 7) is 2.41. The van der Waals surface area contributed by atoms with Crippen LogP contribution in [-0.2, 0) is 11.3 Å². The summed E-state index contributed by atoms with van der Waals surface area (Å²) in [5, 5.41) is 3.39. The number of amides is 1. The van der Waals surface area contributed by atoms with E-state index in [9.17, 15) is 4.79 Å². The molecule has 1 N–H and O–H groups in total. The van der Waals surface area contributed by atoms with Crippen molar-refractivity contribution in [1.29, 1.82) is 0 Å². The first-order chi connectivity index (χ1) is 13.5. The second-order valence-corrected chi connectivity index (χ2v) is 6.99. The van der Waals surface area contributed by atoms with E-state index in [4.69, 9.17) is 20.8 Å². The molecule has 0 radical (unpaired) electrons. The van der Waals surface area contributed by atoms with Crippen molar-refractivity contribution < 1.29 is 13.9 Å². The maximum atomic E-state index is 13.2. The predicted molar refractivity (Wildman–Crippen MR) is 111 cm³/mol. The highest BCUT2D eigenvalue weighted by molar-refractivity contribution is 6.32. The number of likely N-dealkylation sites (N-methyl/N-ethyl adjacent to an activating group) is 1. The molecule has 0 saturated heterocycles. The minimum atomic E-state index is -0.493. The van der Waals surface area contributed by atoms with Crippen molar-refractivity contribution in [2.45, 2.75) is 19.5 Å². The lowest BCUT2D eigenvalue weighted by Gasteiger charge is -2.27. The summed E-state index contributed by atoms with van der Waals surface area (Å²) in [7, 11) is 3.45. The van der Waals surface area contributed by atoms with E-state index in [0.29, 0.717) is 23.0 Å². The van der Waals surface area contributed by atoms with Gasteiger partial charge in [0.2, 0.25) is 5.91 Å². The van der Waals surface area contributed by atoms with Crippen LogP contribution in [-0.4, -0.2) is 25.0 Å². The highest BCUT2D eigenvalue weighted by atomic mass is 35.5. The first kappa shape index (κ1) is 20.0. The van der Waals surface area contributed by atoms with Gasteiger partial charge in [-0.15, -0.1) is 0 Å². The van der Waals surface area contributed by atoms with Crippen LogP contribution in [0.1, 0.15) is 23.1 Å². The number of benzene rings is 2. The molecule has 0 aliphatic rings. The molecular weight excluding hydrogens is 376 g/mol. The molecule has 6 heteroatoms. The SMILES string of the molecule is COc1ccc(NC(=O)[C@H](c2ccccc2)N(C)Cc2ccc(C)o2)cc1Cl. The van der Waals surface area contributed by atoms with Gasteiger partial charge in [0.1, 0.15) is 23.3 Å². The highest BCUT2D eigenvalue weighted by Crippen LogP contribution is 2.29. The molecule has 0 saturated carbocycles. The van der Waals surface area contributed by atoms with E-state index >= 15 is 0 Å². The second-order valence-electron chi connectivity index (χ2n) is 6.58. The van der Waals surface area contributed by atoms with Gasteiger partial charge in [0.25, 0.3) is 0 Å². The molecule has 0 unspecified atom stereocenters. The smallest absolute Gasteiger partial charge is 0.246 e. The number of carbonyl (C=O) groups excluding carboxylic acids is 1. The Bertz CT molecular complexity index is 940. The second kappa shape index (κ2) is 8.95. The number of aryl methyl sites for hydroxylation is 1. The molecule has 3 aromatic rings. The minimum absolute atomic E-state index is 0.154. The van der Waals surface area contributed by atoms with Crippen molar-refractivity contribution in [3.63, 3.8) is 0 Å². The van der Waals surface area contributed by atoms with Crippen LogP contribution >= 0.6 is 11.6 Å². The monoisotopic (exact) mass is 398 g/mol. The van der Waals surface area contributed by atoms with Crippen molar-refractivity contribution in [1.82, 2.24) is 4.90 Å². The van der Waals surface area contributed by atoms with Gasteiger partial charge in [0.15, 0.2) is 0 Å². The molecule has 5 nitrogen and oxygen atoms in total. The van der Waals surface area contributed by atoms with E-state index in [2.05, 4.69) is 5.32 Å². The van der Waals surface area contributed by atoms with E-state index < -0.39 is 6.04 Å². The minimum Gasteiger partial charge on any atom is -0.495 e. The van der Waals surface area contributed by atoms with Crippen molar-refractivity contribution in [3.05, 3.63) is 82.8 Å². The number of rotatable bonds is 7. The number of hydrogen-bond donors (Lipinski definition) is 1. The van der Waals surface area contributed by atoms with Crippen LogP contribution in [0.2, 0.25) is 5.02 Å². The molecule has 0 aliphatic heterocycles. The Labute approximate surface area is 169 Å². The van der Waals surface area contributed by atoms with Crippen LogP contribution in [0.15, 0.2) is 65.1 Å². The Hall–Kier alpha value is -2.76. The number of methoxy groups -OCH3 is 1. The molecule has 0 aliphatic carbocycles. The summed E-state index contributed by atoms with van der Waals surface area (Å²) in [6.07, 6.45) is 0. The third-order valence-corrected chi connectivity index (χ3v) is 4.72. The van der Waals surface area contributed by atoms with Gasteiger partial charge < -0.3 is 14.5 Å². The number of ether oxygens (including phenoxy) is 1. The average Bonchev–Trinajstić information content (AvgIpc) is 3.07. The van der Waals surface area contributed by atoms with Gasteiger partial charge >= 0.3 is 0 Å². The molecule has 146 valence electrons. The first-order valence-corrected chi connectivity index (χ1v) is 9.30. The summed E-state index contributed by atoms with van der Waals surface area (Å²) in [4.78, 5) is 15.1. The first-order valence-electron chi connectivity index (χ1n) is 8.93. The number of carbonyl (C=O) groups is 1. The van der Waals surface area contributed by atoms with Gasteiger partial charge in [-0.3, -0.25) is 9.69 Å². The zero-order valence-corrected chi connectivity index (χ0v) is 16.9. The van der Waals surface area contributed by atoms with Gasteiger partial charge in [0.05, 0.1) is 18.7 Å². The number of anilines is 1. The number of hydrogen-bond acceptors (Lipinski definition) is 4. The van der Waals surface area contributed by atoms with Crippen LogP contribution in [0.3, 0.4) is 0 Å².